The second kappa shape index (κ2) is 5.22. The maximum atomic E-state index is 13.5. The van der Waals surface area contributed by atoms with E-state index in [1.165, 1.54) is 24.4 Å². The largest absolute Gasteiger partial charge is 0.399 e. The smallest absolute Gasteiger partial charge is 0.141 e. The van der Waals surface area contributed by atoms with Gasteiger partial charge in [-0.15, -0.1) is 0 Å². The summed E-state index contributed by atoms with van der Waals surface area (Å²) in [5, 5.41) is 0. The third-order valence-electron chi connectivity index (χ3n) is 2.26. The quantitative estimate of drug-likeness (QED) is 0.869. The van der Waals surface area contributed by atoms with E-state index in [2.05, 4.69) is 4.98 Å². The zero-order chi connectivity index (χ0) is 13.1. The van der Waals surface area contributed by atoms with E-state index in [-0.39, 0.29) is 16.3 Å². The van der Waals surface area contributed by atoms with Crippen LogP contribution in [0.5, 0.6) is 0 Å². The number of hydrogen-bond acceptors (Lipinski definition) is 3. The first-order chi connectivity index (χ1) is 8.56. The van der Waals surface area contributed by atoms with Crippen LogP contribution in [0, 0.1) is 11.6 Å². The number of pyridine rings is 1. The Morgan fingerprint density at radius 1 is 1.22 bits per heavy atom. The number of benzene rings is 1. The molecule has 0 bridgehead atoms. The molecular formula is C12H10F2N2OS. The van der Waals surface area contributed by atoms with Gasteiger partial charge in [-0.05, 0) is 29.8 Å². The second-order valence-electron chi connectivity index (χ2n) is 3.69. The van der Waals surface area contributed by atoms with Crippen molar-refractivity contribution in [2.45, 2.75) is 10.6 Å². The number of aromatic nitrogens is 1. The normalized spacial score (nSPS) is 12.3. The van der Waals surface area contributed by atoms with Crippen molar-refractivity contribution in [3.05, 3.63) is 53.9 Å². The number of rotatable bonds is 3. The van der Waals surface area contributed by atoms with E-state index in [0.717, 1.165) is 12.3 Å². The van der Waals surface area contributed by atoms with E-state index in [9.17, 15) is 13.0 Å². The predicted octanol–water partition coefficient (Wildman–Crippen LogP) is 2.25. The molecule has 0 spiro atoms. The Bertz CT molecular complexity index is 604. The van der Waals surface area contributed by atoms with Crippen LogP contribution in [0.3, 0.4) is 0 Å². The molecule has 2 N–H and O–H groups in total. The highest BCUT2D eigenvalue weighted by Gasteiger charge is 2.11. The number of nitrogen functional groups attached to an aromatic ring is 1. The van der Waals surface area contributed by atoms with Gasteiger partial charge < -0.3 is 5.73 Å². The van der Waals surface area contributed by atoms with Crippen molar-refractivity contribution in [2.24, 2.45) is 0 Å². The molecule has 1 aromatic heterocycles. The molecule has 0 radical (unpaired) electrons. The number of nitrogens with two attached hydrogens (primary N) is 1. The Labute approximate surface area is 105 Å². The Morgan fingerprint density at radius 2 is 2.00 bits per heavy atom. The van der Waals surface area contributed by atoms with Gasteiger partial charge in [0.05, 0.1) is 27.6 Å². The highest BCUT2D eigenvalue weighted by atomic mass is 32.2. The molecule has 1 aromatic carbocycles. The van der Waals surface area contributed by atoms with Crippen molar-refractivity contribution in [3.8, 4) is 0 Å². The standard InChI is InChI=1S/C12H10F2N2OS/c13-9-3-8(5-16-6-9)7-18(17)12-2-1-10(15)4-11(12)14/h1-6H,7,15H2. The first-order valence-electron chi connectivity index (χ1n) is 5.09. The lowest BCUT2D eigenvalue weighted by atomic mass is 10.3. The minimum Gasteiger partial charge on any atom is -0.399 e. The summed E-state index contributed by atoms with van der Waals surface area (Å²) in [7, 11) is -1.60. The summed E-state index contributed by atoms with van der Waals surface area (Å²) in [6, 6.07) is 5.17. The lowest BCUT2D eigenvalue weighted by Crippen LogP contribution is -2.01. The van der Waals surface area contributed by atoms with Gasteiger partial charge in [-0.1, -0.05) is 0 Å². The van der Waals surface area contributed by atoms with Gasteiger partial charge in [-0.25, -0.2) is 8.78 Å². The fourth-order valence-corrected chi connectivity index (χ4v) is 2.58. The SMILES string of the molecule is Nc1ccc(S(=O)Cc2cncc(F)c2)c(F)c1. The topological polar surface area (TPSA) is 56.0 Å². The third kappa shape index (κ3) is 2.89. The molecule has 0 fully saturated rings. The minimum atomic E-state index is -1.60. The molecule has 0 aliphatic heterocycles. The van der Waals surface area contributed by atoms with Crippen LogP contribution >= 0.6 is 0 Å². The molecule has 3 nitrogen and oxygen atoms in total. The molecule has 0 aliphatic carbocycles. The second-order valence-corrected chi connectivity index (χ2v) is 5.11. The van der Waals surface area contributed by atoms with Gasteiger partial charge in [0.25, 0.3) is 0 Å². The molecule has 94 valence electrons. The molecule has 18 heavy (non-hydrogen) atoms. The summed E-state index contributed by atoms with van der Waals surface area (Å²) in [5.41, 5.74) is 6.11. The molecule has 6 heteroatoms. The molecule has 0 saturated carbocycles. The summed E-state index contributed by atoms with van der Waals surface area (Å²) >= 11 is 0. The van der Waals surface area contributed by atoms with E-state index in [1.807, 2.05) is 0 Å². The van der Waals surface area contributed by atoms with Crippen LogP contribution in [0.1, 0.15) is 5.56 Å². The number of anilines is 1. The molecule has 2 aromatic rings. The number of nitrogens with zero attached hydrogens (tertiary/aromatic N) is 1. The first-order valence-corrected chi connectivity index (χ1v) is 6.41. The number of hydrogen-bond donors (Lipinski definition) is 1. The Hall–Kier alpha value is -1.82. The summed E-state index contributed by atoms with van der Waals surface area (Å²) in [5.74, 6) is -1.13. The third-order valence-corrected chi connectivity index (χ3v) is 3.68. The average Bonchev–Trinajstić information content (AvgIpc) is 2.28. The van der Waals surface area contributed by atoms with E-state index in [0.29, 0.717) is 5.56 Å². The van der Waals surface area contributed by atoms with Gasteiger partial charge in [-0.2, -0.15) is 0 Å². The van der Waals surface area contributed by atoms with Gasteiger partial charge in [0.2, 0.25) is 0 Å². The lowest BCUT2D eigenvalue weighted by Gasteiger charge is -2.04. The highest BCUT2D eigenvalue weighted by molar-refractivity contribution is 7.84. The van der Waals surface area contributed by atoms with Crippen molar-refractivity contribution >= 4 is 16.5 Å². The maximum absolute atomic E-state index is 13.5. The van der Waals surface area contributed by atoms with Gasteiger partial charge in [0.15, 0.2) is 0 Å². The van der Waals surface area contributed by atoms with Crippen LogP contribution in [0.2, 0.25) is 0 Å². The summed E-state index contributed by atoms with van der Waals surface area (Å²) in [4.78, 5) is 3.69. The van der Waals surface area contributed by atoms with Gasteiger partial charge in [-0.3, -0.25) is 9.19 Å². The highest BCUT2D eigenvalue weighted by Crippen LogP contribution is 2.18. The molecule has 2 rings (SSSR count). The van der Waals surface area contributed by atoms with Crippen molar-refractivity contribution in [1.29, 1.82) is 0 Å². The minimum absolute atomic E-state index is 0.00555. The van der Waals surface area contributed by atoms with E-state index in [4.69, 9.17) is 5.73 Å². The molecule has 1 atom stereocenters. The maximum Gasteiger partial charge on any atom is 0.141 e. The zero-order valence-corrected chi connectivity index (χ0v) is 10.1. The van der Waals surface area contributed by atoms with Gasteiger partial charge >= 0.3 is 0 Å². The van der Waals surface area contributed by atoms with Crippen molar-refractivity contribution in [1.82, 2.24) is 4.98 Å². The fourth-order valence-electron chi connectivity index (χ4n) is 1.47. The van der Waals surface area contributed by atoms with E-state index < -0.39 is 22.4 Å². The van der Waals surface area contributed by atoms with Crippen molar-refractivity contribution in [3.63, 3.8) is 0 Å². The Kier molecular flexibility index (Phi) is 3.66. The van der Waals surface area contributed by atoms with Crippen LogP contribution in [0.4, 0.5) is 14.5 Å². The summed E-state index contributed by atoms with van der Waals surface area (Å²) < 4.78 is 38.4. The molecule has 1 unspecified atom stereocenters. The first kappa shape index (κ1) is 12.6. The van der Waals surface area contributed by atoms with E-state index >= 15 is 0 Å². The van der Waals surface area contributed by atoms with Crippen LogP contribution < -0.4 is 5.73 Å². The number of halogens is 2. The van der Waals surface area contributed by atoms with Crippen LogP contribution in [0.15, 0.2) is 41.6 Å². The molecular weight excluding hydrogens is 258 g/mol. The van der Waals surface area contributed by atoms with E-state index in [1.54, 1.807) is 0 Å². The molecule has 0 aliphatic rings. The van der Waals surface area contributed by atoms with Gasteiger partial charge in [0.1, 0.15) is 11.6 Å². The van der Waals surface area contributed by atoms with Crippen LogP contribution in [-0.4, -0.2) is 9.19 Å². The van der Waals surface area contributed by atoms with Crippen molar-refractivity contribution < 1.29 is 13.0 Å². The van der Waals surface area contributed by atoms with Crippen LogP contribution in [-0.2, 0) is 16.6 Å². The van der Waals surface area contributed by atoms with Crippen LogP contribution in [0.25, 0.3) is 0 Å². The summed E-state index contributed by atoms with van der Waals surface area (Å²) in [6.07, 6.45) is 2.45. The van der Waals surface area contributed by atoms with Crippen molar-refractivity contribution in [2.75, 3.05) is 5.73 Å². The predicted molar refractivity (Wildman–Crippen MR) is 65.1 cm³/mol. The monoisotopic (exact) mass is 268 g/mol. The molecule has 0 amide bonds. The average molecular weight is 268 g/mol. The molecule has 1 heterocycles. The Balaban J connectivity index is 2.22. The Morgan fingerprint density at radius 3 is 2.67 bits per heavy atom. The zero-order valence-electron chi connectivity index (χ0n) is 9.27. The fraction of sp³-hybridized carbons (Fsp3) is 0.0833. The van der Waals surface area contributed by atoms with Gasteiger partial charge in [0, 0.05) is 11.9 Å². The molecule has 0 saturated heterocycles. The summed E-state index contributed by atoms with van der Waals surface area (Å²) in [6.45, 7) is 0. The lowest BCUT2D eigenvalue weighted by molar-refractivity contribution is 0.596.